The number of nitrogens with zero attached hydrogens (tertiary/aromatic N) is 3. The van der Waals surface area contributed by atoms with Crippen molar-refractivity contribution in [1.82, 2.24) is 14.9 Å². The Morgan fingerprint density at radius 3 is 1.68 bits per heavy atom. The van der Waals surface area contributed by atoms with Crippen molar-refractivity contribution in [3.05, 3.63) is 11.6 Å². The molecule has 0 aliphatic carbocycles. The van der Waals surface area contributed by atoms with E-state index < -0.39 is 0 Å². The molecule has 0 fully saturated rings. The van der Waals surface area contributed by atoms with E-state index in [0.29, 0.717) is 11.6 Å². The van der Waals surface area contributed by atoms with Gasteiger partial charge in [0, 0.05) is 28.4 Å². The van der Waals surface area contributed by atoms with E-state index >= 15 is 0 Å². The fourth-order valence-electron chi connectivity index (χ4n) is 2.11. The van der Waals surface area contributed by atoms with Gasteiger partial charge in [-0.1, -0.05) is 6.92 Å². The first-order chi connectivity index (χ1) is 10.5. The lowest BCUT2D eigenvalue weighted by atomic mass is 10.2. The van der Waals surface area contributed by atoms with E-state index in [1.807, 2.05) is 25.4 Å². The Morgan fingerprint density at radius 2 is 1.36 bits per heavy atom. The molecule has 0 saturated heterocycles. The molecule has 0 aliphatic rings. The van der Waals surface area contributed by atoms with Crippen LogP contribution < -0.4 is 5.43 Å². The Kier molecular flexibility index (Phi) is 7.74. The Morgan fingerprint density at radius 1 is 0.909 bits per heavy atom. The van der Waals surface area contributed by atoms with E-state index in [2.05, 4.69) is 15.6 Å². The molecular weight excluding hydrogens is 288 g/mol. The van der Waals surface area contributed by atoms with Crippen molar-refractivity contribution < 1.29 is 18.9 Å². The van der Waals surface area contributed by atoms with Gasteiger partial charge in [0.05, 0.1) is 6.04 Å². The Balaban J connectivity index is 3.14. The predicted octanol–water partition coefficient (Wildman–Crippen LogP) is 1.63. The maximum absolute atomic E-state index is 5.37. The van der Waals surface area contributed by atoms with Gasteiger partial charge in [0.25, 0.3) is 0 Å². The normalized spacial score (nSPS) is 15.8. The van der Waals surface area contributed by atoms with Gasteiger partial charge in [-0.2, -0.15) is 0 Å². The fraction of sp³-hybridized carbons (Fsp3) is 0.857. The van der Waals surface area contributed by atoms with Crippen LogP contribution in [-0.4, -0.2) is 55.6 Å². The largest absolute Gasteiger partial charge is 0.374 e. The predicted molar refractivity (Wildman–Crippen MR) is 82.1 cm³/mol. The minimum Gasteiger partial charge on any atom is -0.374 e. The highest BCUT2D eigenvalue weighted by atomic mass is 16.7. The zero-order valence-corrected chi connectivity index (χ0v) is 14.5. The first-order valence-corrected chi connectivity index (χ1v) is 7.36. The van der Waals surface area contributed by atoms with Crippen molar-refractivity contribution in [3.8, 4) is 0 Å². The molecule has 8 heteroatoms. The van der Waals surface area contributed by atoms with Crippen LogP contribution >= 0.6 is 0 Å². The monoisotopic (exact) mass is 316 g/mol. The molecule has 0 unspecified atom stereocenters. The van der Waals surface area contributed by atoms with Gasteiger partial charge in [-0.05, 0) is 20.3 Å². The Hall–Kier alpha value is -1.22. The van der Waals surface area contributed by atoms with Crippen LogP contribution in [0.5, 0.6) is 0 Å². The van der Waals surface area contributed by atoms with Crippen molar-refractivity contribution in [1.29, 1.82) is 0 Å². The highest BCUT2D eigenvalue weighted by molar-refractivity contribution is 5.06. The summed E-state index contributed by atoms with van der Waals surface area (Å²) in [4.78, 5) is 0. The molecule has 1 aromatic heterocycles. The van der Waals surface area contributed by atoms with E-state index in [1.54, 1.807) is 28.4 Å². The van der Waals surface area contributed by atoms with Crippen LogP contribution in [0.15, 0.2) is 0 Å². The van der Waals surface area contributed by atoms with E-state index in [1.165, 1.54) is 0 Å². The zero-order valence-electron chi connectivity index (χ0n) is 14.5. The topological polar surface area (TPSA) is 79.7 Å². The summed E-state index contributed by atoms with van der Waals surface area (Å²) in [6, 6.07) is -0.0726. The molecule has 1 heterocycles. The Labute approximate surface area is 132 Å². The van der Waals surface area contributed by atoms with E-state index in [9.17, 15) is 0 Å². The maximum atomic E-state index is 5.37. The van der Waals surface area contributed by atoms with Gasteiger partial charge in [0.2, 0.25) is 0 Å². The number of hydrogen-bond acceptors (Lipinski definition) is 7. The summed E-state index contributed by atoms with van der Waals surface area (Å²) in [5.74, 6) is 1.34. The summed E-state index contributed by atoms with van der Waals surface area (Å²) < 4.78 is 23.2. The second kappa shape index (κ2) is 9.04. The van der Waals surface area contributed by atoms with E-state index in [4.69, 9.17) is 18.9 Å². The summed E-state index contributed by atoms with van der Waals surface area (Å²) in [6.45, 7) is 5.87. The third kappa shape index (κ3) is 4.16. The van der Waals surface area contributed by atoms with Crippen molar-refractivity contribution >= 4 is 0 Å². The average Bonchev–Trinajstić information content (AvgIpc) is 2.96. The minimum absolute atomic E-state index is 0.0726. The van der Waals surface area contributed by atoms with Crippen molar-refractivity contribution in [2.45, 2.75) is 51.7 Å². The summed E-state index contributed by atoms with van der Waals surface area (Å²) in [5.41, 5.74) is 3.36. The zero-order chi connectivity index (χ0) is 16.7. The van der Waals surface area contributed by atoms with Gasteiger partial charge < -0.3 is 24.4 Å². The second-order valence-corrected chi connectivity index (χ2v) is 4.99. The quantitative estimate of drug-likeness (QED) is 0.657. The lowest BCUT2D eigenvalue weighted by Gasteiger charge is -2.28. The number of hydrogen-bond donors (Lipinski definition) is 1. The number of methoxy groups -OCH3 is 4. The summed E-state index contributed by atoms with van der Waals surface area (Å²) >= 11 is 0. The van der Waals surface area contributed by atoms with Crippen LogP contribution in [0.1, 0.15) is 51.0 Å². The SMILES string of the molecule is CC[C@H](Nn1c([C@H](C)OC)nnc1[C@H](C)OC)C(OC)OC. The number of nitrogens with one attached hydrogen (secondary N) is 1. The van der Waals surface area contributed by atoms with Crippen molar-refractivity contribution in [2.75, 3.05) is 33.9 Å². The van der Waals surface area contributed by atoms with Gasteiger partial charge in [-0.3, -0.25) is 0 Å². The van der Waals surface area contributed by atoms with Gasteiger partial charge >= 0.3 is 0 Å². The van der Waals surface area contributed by atoms with E-state index in [-0.39, 0.29) is 24.5 Å². The van der Waals surface area contributed by atoms with Gasteiger partial charge in [-0.15, -0.1) is 10.2 Å². The molecule has 0 bridgehead atoms. The highest BCUT2D eigenvalue weighted by Gasteiger charge is 2.26. The van der Waals surface area contributed by atoms with Crippen LogP contribution in [0.3, 0.4) is 0 Å². The fourth-order valence-corrected chi connectivity index (χ4v) is 2.11. The molecule has 1 rings (SSSR count). The Bertz CT molecular complexity index is 409. The van der Waals surface area contributed by atoms with Gasteiger partial charge in [0.15, 0.2) is 17.9 Å². The van der Waals surface area contributed by atoms with Crippen LogP contribution in [0.25, 0.3) is 0 Å². The van der Waals surface area contributed by atoms with Crippen LogP contribution in [-0.2, 0) is 18.9 Å². The number of rotatable bonds is 10. The van der Waals surface area contributed by atoms with Gasteiger partial charge in [-0.25, -0.2) is 4.68 Å². The molecule has 0 saturated carbocycles. The average molecular weight is 316 g/mol. The van der Waals surface area contributed by atoms with Crippen LogP contribution in [0, 0.1) is 0 Å². The maximum Gasteiger partial charge on any atom is 0.180 e. The number of aromatic nitrogens is 3. The van der Waals surface area contributed by atoms with E-state index in [0.717, 1.165) is 6.42 Å². The first kappa shape index (κ1) is 18.8. The molecule has 22 heavy (non-hydrogen) atoms. The molecule has 8 nitrogen and oxygen atoms in total. The third-order valence-corrected chi connectivity index (χ3v) is 3.68. The summed E-state index contributed by atoms with van der Waals surface area (Å²) in [7, 11) is 6.49. The lowest BCUT2D eigenvalue weighted by Crippen LogP contribution is -2.41. The summed E-state index contributed by atoms with van der Waals surface area (Å²) in [6.07, 6.45) is -0.00641. The molecule has 0 aliphatic heterocycles. The highest BCUT2D eigenvalue weighted by Crippen LogP contribution is 2.20. The molecule has 1 N–H and O–H groups in total. The molecule has 1 aromatic rings. The molecule has 0 amide bonds. The second-order valence-electron chi connectivity index (χ2n) is 4.99. The van der Waals surface area contributed by atoms with Crippen LogP contribution in [0.4, 0.5) is 0 Å². The minimum atomic E-state index is -0.385. The molecule has 128 valence electrons. The molecule has 3 atom stereocenters. The van der Waals surface area contributed by atoms with Crippen molar-refractivity contribution in [3.63, 3.8) is 0 Å². The molecular formula is C14H28N4O4. The summed E-state index contributed by atoms with van der Waals surface area (Å²) in [5, 5.41) is 8.44. The smallest absolute Gasteiger partial charge is 0.180 e. The molecule has 0 aromatic carbocycles. The molecule has 0 spiro atoms. The lowest BCUT2D eigenvalue weighted by molar-refractivity contribution is -0.114. The number of ether oxygens (including phenoxy) is 4. The molecule has 0 radical (unpaired) electrons. The standard InChI is InChI=1S/C14H28N4O4/c1-8-11(14(21-6)22-7)17-18-12(9(2)19-4)15-16-13(18)10(3)20-5/h9-11,14,17H,8H2,1-7H3/t9-,10-,11-/m0/s1. The third-order valence-electron chi connectivity index (χ3n) is 3.68. The van der Waals surface area contributed by atoms with Crippen LogP contribution in [0.2, 0.25) is 0 Å². The van der Waals surface area contributed by atoms with Gasteiger partial charge in [0.1, 0.15) is 12.2 Å². The first-order valence-electron chi connectivity index (χ1n) is 7.36. The van der Waals surface area contributed by atoms with Crippen molar-refractivity contribution in [2.24, 2.45) is 0 Å².